The van der Waals surface area contributed by atoms with E-state index in [0.717, 1.165) is 16.9 Å². The van der Waals surface area contributed by atoms with E-state index in [1.54, 1.807) is 18.7 Å². The van der Waals surface area contributed by atoms with Crippen molar-refractivity contribution in [2.45, 2.75) is 47.1 Å². The van der Waals surface area contributed by atoms with Gasteiger partial charge in [0, 0.05) is 13.1 Å². The van der Waals surface area contributed by atoms with Crippen molar-refractivity contribution in [2.24, 2.45) is 5.92 Å². The van der Waals surface area contributed by atoms with E-state index in [1.807, 2.05) is 32.0 Å². The number of ether oxygens (including phenoxy) is 2. The summed E-state index contributed by atoms with van der Waals surface area (Å²) in [5.41, 5.74) is 3.07. The topological polar surface area (TPSA) is 81.9 Å². The molecule has 7 nitrogen and oxygen atoms in total. The normalized spacial score (nSPS) is 14.7. The van der Waals surface area contributed by atoms with E-state index in [0.29, 0.717) is 43.9 Å². The summed E-state index contributed by atoms with van der Waals surface area (Å²) in [6.07, 6.45) is 1.19. The van der Waals surface area contributed by atoms with Crippen LogP contribution in [-0.4, -0.2) is 41.6 Å². The number of aryl methyl sites for hydroxylation is 3. The number of aromatic nitrogens is 1. The number of hydrogen-bond acceptors (Lipinski definition) is 6. The van der Waals surface area contributed by atoms with Crippen LogP contribution in [-0.2, 0) is 16.1 Å². The van der Waals surface area contributed by atoms with Gasteiger partial charge in [0.2, 0.25) is 0 Å². The van der Waals surface area contributed by atoms with Crippen molar-refractivity contribution >= 4 is 11.9 Å². The first kappa shape index (κ1) is 20.9. The van der Waals surface area contributed by atoms with Crippen LogP contribution < -0.4 is 4.74 Å². The van der Waals surface area contributed by atoms with Crippen molar-refractivity contribution in [1.29, 1.82) is 0 Å². The minimum atomic E-state index is -0.191. The van der Waals surface area contributed by atoms with E-state index >= 15 is 0 Å². The molecule has 1 aromatic heterocycles. The molecule has 3 rings (SSSR count). The van der Waals surface area contributed by atoms with Gasteiger partial charge in [-0.25, -0.2) is 0 Å². The van der Waals surface area contributed by atoms with Gasteiger partial charge in [-0.1, -0.05) is 17.3 Å². The minimum Gasteiger partial charge on any atom is -0.488 e. The maximum Gasteiger partial charge on any atom is 0.309 e. The van der Waals surface area contributed by atoms with Gasteiger partial charge < -0.3 is 18.9 Å². The molecular weight excluding hydrogens is 372 g/mol. The molecule has 2 aromatic rings. The second-order valence-corrected chi connectivity index (χ2v) is 7.44. The molecule has 29 heavy (non-hydrogen) atoms. The third-order valence-electron chi connectivity index (χ3n) is 5.31. The summed E-state index contributed by atoms with van der Waals surface area (Å²) in [5.74, 6) is 0.827. The maximum atomic E-state index is 13.0. The highest BCUT2D eigenvalue weighted by molar-refractivity contribution is 5.94. The number of carbonyl (C=O) groups is 2. The first-order valence-corrected chi connectivity index (χ1v) is 10.0. The summed E-state index contributed by atoms with van der Waals surface area (Å²) in [6.45, 7) is 9.13. The molecular formula is C22H28N2O5. The summed E-state index contributed by atoms with van der Waals surface area (Å²) in [4.78, 5) is 26.6. The fourth-order valence-electron chi connectivity index (χ4n) is 3.47. The van der Waals surface area contributed by atoms with Gasteiger partial charge in [-0.15, -0.1) is 0 Å². The van der Waals surface area contributed by atoms with Crippen LogP contribution in [0.15, 0.2) is 22.7 Å². The zero-order valence-corrected chi connectivity index (χ0v) is 17.5. The first-order valence-electron chi connectivity index (χ1n) is 10.0. The largest absolute Gasteiger partial charge is 0.488 e. The molecule has 0 bridgehead atoms. The van der Waals surface area contributed by atoms with E-state index in [1.165, 1.54) is 0 Å². The molecule has 7 heteroatoms. The summed E-state index contributed by atoms with van der Waals surface area (Å²) in [7, 11) is 0. The predicted molar refractivity (Wildman–Crippen MR) is 107 cm³/mol. The molecule has 156 valence electrons. The second kappa shape index (κ2) is 9.11. The Balaban J connectivity index is 1.67. The molecule has 0 aliphatic carbocycles. The molecule has 0 atom stereocenters. The summed E-state index contributed by atoms with van der Waals surface area (Å²) < 4.78 is 16.3. The van der Waals surface area contributed by atoms with Crippen LogP contribution in [0.2, 0.25) is 0 Å². The molecule has 1 saturated heterocycles. The van der Waals surface area contributed by atoms with Crippen molar-refractivity contribution in [1.82, 2.24) is 10.1 Å². The molecule has 1 amide bonds. The molecule has 0 saturated carbocycles. The van der Waals surface area contributed by atoms with Gasteiger partial charge in [-0.3, -0.25) is 9.59 Å². The Morgan fingerprint density at radius 3 is 2.62 bits per heavy atom. The van der Waals surface area contributed by atoms with Crippen LogP contribution in [0.1, 0.15) is 52.7 Å². The monoisotopic (exact) mass is 400 g/mol. The number of likely N-dealkylation sites (tertiary alicyclic amines) is 1. The average Bonchev–Trinajstić information content (AvgIpc) is 3.09. The van der Waals surface area contributed by atoms with Crippen molar-refractivity contribution < 1.29 is 23.6 Å². The molecule has 0 unspecified atom stereocenters. The number of hydrogen-bond donors (Lipinski definition) is 0. The molecule has 0 spiro atoms. The summed E-state index contributed by atoms with van der Waals surface area (Å²) in [6, 6.07) is 6.01. The van der Waals surface area contributed by atoms with Crippen molar-refractivity contribution in [3.05, 3.63) is 46.3 Å². The second-order valence-electron chi connectivity index (χ2n) is 7.44. The molecule has 1 aliphatic rings. The summed E-state index contributed by atoms with van der Waals surface area (Å²) in [5, 5.41) is 3.99. The highest BCUT2D eigenvalue weighted by Crippen LogP contribution is 2.25. The molecule has 1 fully saturated rings. The number of nitrogens with zero attached hydrogens (tertiary/aromatic N) is 2. The molecule has 1 aliphatic heterocycles. The standard InChI is InChI=1S/C22H28N2O5/c1-5-27-22(26)17-8-10-24(11-9-17)21(25)20-18(16(4)29-23-20)13-28-19-12-14(2)6-7-15(19)3/h6-7,12,17H,5,8-11,13H2,1-4H3. The number of carbonyl (C=O) groups excluding carboxylic acids is 2. The number of amides is 1. The number of rotatable bonds is 6. The Hall–Kier alpha value is -2.83. The minimum absolute atomic E-state index is 0.148. The molecule has 0 radical (unpaired) electrons. The fraction of sp³-hybridized carbons (Fsp3) is 0.500. The van der Waals surface area contributed by atoms with Crippen LogP contribution in [0.25, 0.3) is 0 Å². The van der Waals surface area contributed by atoms with Gasteiger partial charge in [0.1, 0.15) is 18.1 Å². The van der Waals surface area contributed by atoms with Gasteiger partial charge >= 0.3 is 5.97 Å². The number of benzene rings is 1. The van der Waals surface area contributed by atoms with E-state index < -0.39 is 0 Å². The highest BCUT2D eigenvalue weighted by Gasteiger charge is 2.31. The fourth-order valence-corrected chi connectivity index (χ4v) is 3.47. The summed E-state index contributed by atoms with van der Waals surface area (Å²) >= 11 is 0. The van der Waals surface area contributed by atoms with Crippen LogP contribution in [0.3, 0.4) is 0 Å². The lowest BCUT2D eigenvalue weighted by Crippen LogP contribution is -2.41. The SMILES string of the molecule is CCOC(=O)C1CCN(C(=O)c2noc(C)c2COc2cc(C)ccc2C)CC1. The Kier molecular flexibility index (Phi) is 6.56. The Bertz CT molecular complexity index is 881. The Morgan fingerprint density at radius 1 is 1.21 bits per heavy atom. The Morgan fingerprint density at radius 2 is 1.93 bits per heavy atom. The Labute approximate surface area is 171 Å². The number of piperidine rings is 1. The third kappa shape index (κ3) is 4.78. The van der Waals surface area contributed by atoms with Gasteiger partial charge in [0.15, 0.2) is 5.69 Å². The van der Waals surface area contributed by atoms with E-state index in [-0.39, 0.29) is 30.1 Å². The van der Waals surface area contributed by atoms with Gasteiger partial charge in [0.05, 0.1) is 18.1 Å². The lowest BCUT2D eigenvalue weighted by Gasteiger charge is -2.30. The first-order chi connectivity index (χ1) is 13.9. The van der Waals surface area contributed by atoms with Gasteiger partial charge in [-0.2, -0.15) is 0 Å². The maximum absolute atomic E-state index is 13.0. The van der Waals surface area contributed by atoms with E-state index in [2.05, 4.69) is 5.16 Å². The zero-order chi connectivity index (χ0) is 21.0. The predicted octanol–water partition coefficient (Wildman–Crippen LogP) is 3.59. The molecule has 0 N–H and O–H groups in total. The van der Waals surface area contributed by atoms with Crippen LogP contribution in [0.4, 0.5) is 0 Å². The van der Waals surface area contributed by atoms with Crippen molar-refractivity contribution in [3.8, 4) is 5.75 Å². The molecule has 1 aromatic carbocycles. The lowest BCUT2D eigenvalue weighted by atomic mass is 9.96. The van der Waals surface area contributed by atoms with Crippen molar-refractivity contribution in [3.63, 3.8) is 0 Å². The van der Waals surface area contributed by atoms with Gasteiger partial charge in [-0.05, 0) is 57.7 Å². The van der Waals surface area contributed by atoms with E-state index in [4.69, 9.17) is 14.0 Å². The van der Waals surface area contributed by atoms with Crippen molar-refractivity contribution in [2.75, 3.05) is 19.7 Å². The highest BCUT2D eigenvalue weighted by atomic mass is 16.5. The average molecular weight is 400 g/mol. The zero-order valence-electron chi connectivity index (χ0n) is 17.5. The van der Waals surface area contributed by atoms with Crippen LogP contribution in [0.5, 0.6) is 5.75 Å². The number of esters is 1. The van der Waals surface area contributed by atoms with Crippen LogP contribution >= 0.6 is 0 Å². The van der Waals surface area contributed by atoms with E-state index in [9.17, 15) is 9.59 Å². The lowest BCUT2D eigenvalue weighted by molar-refractivity contribution is -0.149. The smallest absolute Gasteiger partial charge is 0.309 e. The quantitative estimate of drug-likeness (QED) is 0.689. The third-order valence-corrected chi connectivity index (χ3v) is 5.31. The van der Waals surface area contributed by atoms with Crippen LogP contribution in [0, 0.1) is 26.7 Å². The van der Waals surface area contributed by atoms with Gasteiger partial charge in [0.25, 0.3) is 5.91 Å². The molecule has 2 heterocycles.